The number of alkyl halides is 4. The highest BCUT2D eigenvalue weighted by molar-refractivity contribution is 6.29. The van der Waals surface area contributed by atoms with Crippen LogP contribution in [0.1, 0.15) is 0 Å². The first-order valence-corrected chi connectivity index (χ1v) is 2.40. The fraction of sp³-hybridized carbons (Fsp3) is 0.667. The van der Waals surface area contributed by atoms with E-state index in [9.17, 15) is 13.2 Å². The van der Waals surface area contributed by atoms with E-state index in [2.05, 4.69) is 0 Å². The van der Waals surface area contributed by atoms with Gasteiger partial charge in [0.05, 0.1) is 5.88 Å². The minimum atomic E-state index is -4.61. The summed E-state index contributed by atoms with van der Waals surface area (Å²) >= 11 is 4.74. The molecule has 0 aromatic heterocycles. The number of oxime groups is 1. The van der Waals surface area contributed by atoms with E-state index in [1.807, 2.05) is 5.16 Å². The summed E-state index contributed by atoms with van der Waals surface area (Å²) in [7, 11) is 0. The van der Waals surface area contributed by atoms with Gasteiger partial charge in [-0.05, 0) is 0 Å². The largest absolute Gasteiger partial charge is 0.433 e. The second kappa shape index (κ2) is 2.91. The Kier molecular flexibility index (Phi) is 2.76. The molecule has 2 nitrogen and oxygen atoms in total. The number of halogens is 4. The zero-order chi connectivity index (χ0) is 7.49. The Morgan fingerprint density at radius 2 is 2.00 bits per heavy atom. The molecular formula is C3H3ClF3NO. The smallest absolute Gasteiger partial charge is 0.411 e. The van der Waals surface area contributed by atoms with Crippen LogP contribution in [0, 0.1) is 0 Å². The highest BCUT2D eigenvalue weighted by Gasteiger charge is 2.35. The van der Waals surface area contributed by atoms with Crippen molar-refractivity contribution in [3.05, 3.63) is 0 Å². The fourth-order valence-electron chi connectivity index (χ4n) is 0.159. The van der Waals surface area contributed by atoms with Crippen LogP contribution in [0.4, 0.5) is 13.2 Å². The maximum absolute atomic E-state index is 11.3. The molecule has 9 heavy (non-hydrogen) atoms. The predicted molar refractivity (Wildman–Crippen MR) is 26.0 cm³/mol. The standard InChI is InChI=1S/C3H3ClF3NO/c4-1-2(8-9)3(5,6)7/h9H,1H2. The van der Waals surface area contributed by atoms with Gasteiger partial charge in [0.15, 0.2) is 5.71 Å². The van der Waals surface area contributed by atoms with Gasteiger partial charge in [-0.25, -0.2) is 0 Å². The molecule has 0 fully saturated rings. The van der Waals surface area contributed by atoms with Crippen molar-refractivity contribution in [3.63, 3.8) is 0 Å². The van der Waals surface area contributed by atoms with Crippen LogP contribution in [-0.4, -0.2) is 23.0 Å². The minimum absolute atomic E-state index is 0.833. The van der Waals surface area contributed by atoms with Gasteiger partial charge in [-0.1, -0.05) is 5.16 Å². The molecule has 0 saturated carbocycles. The molecule has 0 unspecified atom stereocenters. The first-order chi connectivity index (χ1) is 4.02. The zero-order valence-corrected chi connectivity index (χ0v) is 4.87. The van der Waals surface area contributed by atoms with Crippen molar-refractivity contribution < 1.29 is 18.4 Å². The summed E-state index contributed by atoms with van der Waals surface area (Å²) < 4.78 is 34.0. The van der Waals surface area contributed by atoms with Crippen molar-refractivity contribution in [3.8, 4) is 0 Å². The molecule has 0 heterocycles. The van der Waals surface area contributed by atoms with Crippen molar-refractivity contribution in [2.24, 2.45) is 5.16 Å². The van der Waals surface area contributed by atoms with Crippen LogP contribution in [0.3, 0.4) is 0 Å². The molecule has 0 rings (SSSR count). The average molecular weight is 162 g/mol. The topological polar surface area (TPSA) is 32.6 Å². The van der Waals surface area contributed by atoms with E-state index in [1.54, 1.807) is 0 Å². The third-order valence-corrected chi connectivity index (χ3v) is 0.828. The molecule has 0 saturated heterocycles. The normalized spacial score (nSPS) is 14.0. The second-order valence-corrected chi connectivity index (χ2v) is 1.45. The third kappa shape index (κ3) is 2.55. The van der Waals surface area contributed by atoms with E-state index in [-0.39, 0.29) is 0 Å². The van der Waals surface area contributed by atoms with Gasteiger partial charge in [-0.2, -0.15) is 13.2 Å². The molecule has 1 N–H and O–H groups in total. The van der Waals surface area contributed by atoms with Crippen LogP contribution in [0.25, 0.3) is 0 Å². The Bertz CT molecular complexity index is 121. The summed E-state index contributed by atoms with van der Waals surface area (Å²) in [5, 5.41) is 9.58. The molecule has 0 bridgehead atoms. The maximum atomic E-state index is 11.3. The van der Waals surface area contributed by atoms with E-state index in [0.717, 1.165) is 0 Å². The van der Waals surface area contributed by atoms with Crippen LogP contribution < -0.4 is 0 Å². The molecule has 0 aliphatic heterocycles. The summed E-state index contributed by atoms with van der Waals surface area (Å²) in [4.78, 5) is 0. The summed E-state index contributed by atoms with van der Waals surface area (Å²) in [5.41, 5.74) is -1.39. The average Bonchev–Trinajstić information content (AvgIpc) is 1.65. The van der Waals surface area contributed by atoms with Crippen molar-refractivity contribution >= 4 is 17.3 Å². The first kappa shape index (κ1) is 8.55. The van der Waals surface area contributed by atoms with Crippen molar-refractivity contribution in [1.82, 2.24) is 0 Å². The molecular weight excluding hydrogens is 158 g/mol. The van der Waals surface area contributed by atoms with Gasteiger partial charge in [-0.15, -0.1) is 11.6 Å². The van der Waals surface area contributed by atoms with Crippen LogP contribution in [0.15, 0.2) is 5.16 Å². The van der Waals surface area contributed by atoms with E-state index in [4.69, 9.17) is 16.8 Å². The van der Waals surface area contributed by atoms with Crippen molar-refractivity contribution in [2.45, 2.75) is 6.18 Å². The van der Waals surface area contributed by atoms with Gasteiger partial charge in [-0.3, -0.25) is 0 Å². The Hall–Kier alpha value is -0.450. The van der Waals surface area contributed by atoms with Crippen LogP contribution in [0.2, 0.25) is 0 Å². The van der Waals surface area contributed by atoms with E-state index >= 15 is 0 Å². The SMILES string of the molecule is ON=C(CCl)C(F)(F)F. The lowest BCUT2D eigenvalue weighted by Gasteiger charge is -2.02. The van der Waals surface area contributed by atoms with Crippen molar-refractivity contribution in [2.75, 3.05) is 5.88 Å². The highest BCUT2D eigenvalue weighted by Crippen LogP contribution is 2.17. The summed E-state index contributed by atoms with van der Waals surface area (Å²) in [6, 6.07) is 0. The van der Waals surface area contributed by atoms with E-state index < -0.39 is 17.8 Å². The third-order valence-electron chi connectivity index (χ3n) is 0.575. The van der Waals surface area contributed by atoms with E-state index in [1.165, 1.54) is 0 Å². The quantitative estimate of drug-likeness (QED) is 0.270. The summed E-state index contributed by atoms with van der Waals surface area (Å²) in [6.07, 6.45) is -4.61. The molecule has 54 valence electrons. The number of hydrogen-bond acceptors (Lipinski definition) is 2. The van der Waals surface area contributed by atoms with Crippen LogP contribution in [-0.2, 0) is 0 Å². The fourth-order valence-corrected chi connectivity index (χ4v) is 0.364. The number of rotatable bonds is 1. The molecule has 0 radical (unpaired) electrons. The molecule has 0 aliphatic rings. The monoisotopic (exact) mass is 161 g/mol. The first-order valence-electron chi connectivity index (χ1n) is 1.86. The Labute approximate surface area is 53.9 Å². The van der Waals surface area contributed by atoms with Crippen LogP contribution >= 0.6 is 11.6 Å². The molecule has 0 aromatic rings. The van der Waals surface area contributed by atoms with Gasteiger partial charge < -0.3 is 5.21 Å². The van der Waals surface area contributed by atoms with Crippen LogP contribution in [0.5, 0.6) is 0 Å². The Balaban J connectivity index is 4.14. The van der Waals surface area contributed by atoms with Gasteiger partial charge in [0.25, 0.3) is 0 Å². The Morgan fingerprint density at radius 3 is 2.00 bits per heavy atom. The second-order valence-electron chi connectivity index (χ2n) is 1.18. The molecule has 6 heteroatoms. The number of hydrogen-bond donors (Lipinski definition) is 1. The zero-order valence-electron chi connectivity index (χ0n) is 4.11. The molecule has 0 aliphatic carbocycles. The molecule has 0 spiro atoms. The summed E-state index contributed by atoms with van der Waals surface area (Å²) in [5.74, 6) is -0.833. The predicted octanol–water partition coefficient (Wildman–Crippen LogP) is 1.62. The number of nitrogens with zero attached hydrogens (tertiary/aromatic N) is 1. The van der Waals surface area contributed by atoms with E-state index in [0.29, 0.717) is 0 Å². The molecule has 0 amide bonds. The lowest BCUT2D eigenvalue weighted by atomic mass is 10.4. The minimum Gasteiger partial charge on any atom is -0.411 e. The highest BCUT2D eigenvalue weighted by atomic mass is 35.5. The van der Waals surface area contributed by atoms with Gasteiger partial charge in [0, 0.05) is 0 Å². The molecule has 0 aromatic carbocycles. The van der Waals surface area contributed by atoms with Gasteiger partial charge >= 0.3 is 6.18 Å². The Morgan fingerprint density at radius 1 is 1.56 bits per heavy atom. The maximum Gasteiger partial charge on any atom is 0.433 e. The van der Waals surface area contributed by atoms with Crippen molar-refractivity contribution in [1.29, 1.82) is 0 Å². The lowest BCUT2D eigenvalue weighted by molar-refractivity contribution is -0.0611. The lowest BCUT2D eigenvalue weighted by Crippen LogP contribution is -2.24. The summed E-state index contributed by atoms with van der Waals surface area (Å²) in [6.45, 7) is 0. The van der Waals surface area contributed by atoms with Gasteiger partial charge in [0.2, 0.25) is 0 Å². The molecule has 0 atom stereocenters. The van der Waals surface area contributed by atoms with Gasteiger partial charge in [0.1, 0.15) is 0 Å².